The molecule has 0 fully saturated rings. The molecule has 0 radical (unpaired) electrons. The monoisotopic (exact) mass is 160 g/mol. The lowest BCUT2D eigenvalue weighted by Crippen LogP contribution is -1.80. The summed E-state index contributed by atoms with van der Waals surface area (Å²) in [6.07, 6.45) is 0. The minimum Gasteiger partial charge on any atom is -0.205 e. The number of nitrogens with zero attached hydrogens (tertiary/aromatic N) is 1. The summed E-state index contributed by atoms with van der Waals surface area (Å²) in [5.74, 6) is 0. The van der Waals surface area contributed by atoms with Crippen molar-refractivity contribution in [2.24, 2.45) is 5.11 Å². The van der Waals surface area contributed by atoms with Crippen LogP contribution in [0, 0.1) is 5.53 Å². The highest BCUT2D eigenvalue weighted by Crippen LogP contribution is 2.17. The van der Waals surface area contributed by atoms with Crippen LogP contribution in [0.4, 0.5) is 0 Å². The summed E-state index contributed by atoms with van der Waals surface area (Å²) < 4.78 is 0. The summed E-state index contributed by atoms with van der Waals surface area (Å²) in [5, 5.41) is 3.39. The molecule has 0 saturated carbocycles. The number of rotatable bonds is 2. The van der Waals surface area contributed by atoms with Gasteiger partial charge in [-0.05, 0) is 25.0 Å². The number of hydrogen-bond acceptors (Lipinski definition) is 2. The first-order valence-electron chi connectivity index (χ1n) is 3.86. The Hall–Kier alpha value is -1.44. The van der Waals surface area contributed by atoms with Crippen molar-refractivity contribution in [2.75, 3.05) is 0 Å². The van der Waals surface area contributed by atoms with E-state index in [-0.39, 0.29) is 0 Å². The van der Waals surface area contributed by atoms with E-state index in [0.717, 1.165) is 16.8 Å². The predicted octanol–water partition coefficient (Wildman–Crippen LogP) is 3.47. The zero-order chi connectivity index (χ0) is 8.97. The minimum atomic E-state index is 0.765. The van der Waals surface area contributed by atoms with Gasteiger partial charge in [-0.15, -0.1) is 0 Å². The Labute approximate surface area is 72.4 Å². The largest absolute Gasteiger partial charge is 0.205 e. The Morgan fingerprint density at radius 2 is 1.75 bits per heavy atom. The van der Waals surface area contributed by atoms with Crippen molar-refractivity contribution in [2.45, 2.75) is 13.8 Å². The lowest BCUT2D eigenvalue weighted by atomic mass is 10.1. The summed E-state index contributed by atoms with van der Waals surface area (Å²) in [4.78, 5) is 0. The van der Waals surface area contributed by atoms with Crippen molar-refractivity contribution < 1.29 is 0 Å². The van der Waals surface area contributed by atoms with Gasteiger partial charge < -0.3 is 0 Å². The standard InChI is InChI=1S/C10H12N2/c1-8(9(2)12-11)10-6-4-3-5-7-10/h3-7,11H,1-2H3/b9-8+,12-11?. The predicted molar refractivity (Wildman–Crippen MR) is 49.9 cm³/mol. The molecular formula is C10H12N2. The van der Waals surface area contributed by atoms with E-state index in [4.69, 9.17) is 5.53 Å². The third kappa shape index (κ3) is 1.78. The van der Waals surface area contributed by atoms with Gasteiger partial charge in [0.1, 0.15) is 0 Å². The van der Waals surface area contributed by atoms with Crippen LogP contribution in [0.2, 0.25) is 0 Å². The van der Waals surface area contributed by atoms with Gasteiger partial charge in [0.15, 0.2) is 0 Å². The Morgan fingerprint density at radius 1 is 1.17 bits per heavy atom. The lowest BCUT2D eigenvalue weighted by molar-refractivity contribution is 1.06. The third-order valence-electron chi connectivity index (χ3n) is 1.92. The van der Waals surface area contributed by atoms with Crippen LogP contribution in [0.3, 0.4) is 0 Å². The van der Waals surface area contributed by atoms with Crippen LogP contribution in [-0.2, 0) is 0 Å². The van der Waals surface area contributed by atoms with Crippen LogP contribution in [0.25, 0.3) is 5.57 Å². The maximum atomic E-state index is 6.86. The molecule has 1 aromatic carbocycles. The average Bonchev–Trinajstić information content (AvgIpc) is 2.17. The molecule has 12 heavy (non-hydrogen) atoms. The Balaban J connectivity index is 3.08. The van der Waals surface area contributed by atoms with E-state index in [1.54, 1.807) is 0 Å². The zero-order valence-electron chi connectivity index (χ0n) is 7.33. The molecule has 0 aliphatic carbocycles. The zero-order valence-corrected chi connectivity index (χ0v) is 7.33. The van der Waals surface area contributed by atoms with Crippen molar-refractivity contribution in [3.63, 3.8) is 0 Å². The van der Waals surface area contributed by atoms with Crippen molar-refractivity contribution in [3.05, 3.63) is 41.6 Å². The number of nitrogens with one attached hydrogen (secondary N) is 1. The number of benzene rings is 1. The van der Waals surface area contributed by atoms with Crippen LogP contribution in [0.5, 0.6) is 0 Å². The second-order valence-corrected chi connectivity index (χ2v) is 2.69. The van der Waals surface area contributed by atoms with Gasteiger partial charge in [-0.25, -0.2) is 5.53 Å². The SMILES string of the molecule is C/C(N=N)=C(/C)c1ccccc1. The molecule has 0 spiro atoms. The lowest BCUT2D eigenvalue weighted by Gasteiger charge is -2.01. The van der Waals surface area contributed by atoms with E-state index < -0.39 is 0 Å². The fourth-order valence-corrected chi connectivity index (χ4v) is 0.981. The molecule has 0 unspecified atom stereocenters. The van der Waals surface area contributed by atoms with Gasteiger partial charge in [0, 0.05) is 0 Å². The molecule has 0 aliphatic heterocycles. The van der Waals surface area contributed by atoms with E-state index in [0.29, 0.717) is 0 Å². The van der Waals surface area contributed by atoms with E-state index >= 15 is 0 Å². The first-order valence-corrected chi connectivity index (χ1v) is 3.86. The summed E-state index contributed by atoms with van der Waals surface area (Å²) in [6.45, 7) is 3.82. The number of hydrogen-bond donors (Lipinski definition) is 1. The fraction of sp³-hybridized carbons (Fsp3) is 0.200. The van der Waals surface area contributed by atoms with E-state index in [1.165, 1.54) is 0 Å². The van der Waals surface area contributed by atoms with Gasteiger partial charge in [0.05, 0.1) is 5.70 Å². The maximum absolute atomic E-state index is 6.86. The molecule has 0 atom stereocenters. The first kappa shape index (κ1) is 8.65. The molecule has 0 aromatic heterocycles. The second kappa shape index (κ2) is 3.81. The molecule has 0 saturated heterocycles. The van der Waals surface area contributed by atoms with E-state index in [2.05, 4.69) is 5.11 Å². The van der Waals surface area contributed by atoms with Gasteiger partial charge in [0.2, 0.25) is 0 Å². The summed E-state index contributed by atoms with van der Waals surface area (Å²) in [7, 11) is 0. The van der Waals surface area contributed by atoms with Crippen molar-refractivity contribution in [1.29, 1.82) is 5.53 Å². The molecular weight excluding hydrogens is 148 g/mol. The summed E-state index contributed by atoms with van der Waals surface area (Å²) in [6, 6.07) is 9.98. The van der Waals surface area contributed by atoms with Gasteiger partial charge in [-0.2, -0.15) is 5.11 Å². The molecule has 2 heteroatoms. The Morgan fingerprint density at radius 3 is 2.25 bits per heavy atom. The molecule has 0 heterocycles. The van der Waals surface area contributed by atoms with Crippen LogP contribution in [0.1, 0.15) is 19.4 Å². The van der Waals surface area contributed by atoms with Gasteiger partial charge >= 0.3 is 0 Å². The van der Waals surface area contributed by atoms with Gasteiger partial charge in [-0.3, -0.25) is 0 Å². The van der Waals surface area contributed by atoms with E-state index in [9.17, 15) is 0 Å². The molecule has 1 rings (SSSR count). The molecule has 62 valence electrons. The smallest absolute Gasteiger partial charge is 0.0627 e. The second-order valence-electron chi connectivity index (χ2n) is 2.69. The van der Waals surface area contributed by atoms with Gasteiger partial charge in [-0.1, -0.05) is 30.3 Å². The molecule has 1 aromatic rings. The van der Waals surface area contributed by atoms with Crippen molar-refractivity contribution in [1.82, 2.24) is 0 Å². The van der Waals surface area contributed by atoms with Crippen molar-refractivity contribution >= 4 is 5.57 Å². The highest BCUT2D eigenvalue weighted by atomic mass is 15.0. The number of allylic oxidation sites excluding steroid dienone is 2. The van der Waals surface area contributed by atoms with Crippen LogP contribution in [0.15, 0.2) is 41.1 Å². The Kier molecular flexibility index (Phi) is 2.75. The topological polar surface area (TPSA) is 36.2 Å². The molecule has 0 aliphatic rings. The van der Waals surface area contributed by atoms with Gasteiger partial charge in [0.25, 0.3) is 0 Å². The highest BCUT2D eigenvalue weighted by Gasteiger charge is 1.97. The normalized spacial score (nSPS) is 12.2. The molecule has 2 nitrogen and oxygen atoms in total. The molecule has 0 amide bonds. The van der Waals surface area contributed by atoms with Crippen molar-refractivity contribution in [3.8, 4) is 0 Å². The first-order chi connectivity index (χ1) is 5.75. The molecule has 1 N–H and O–H groups in total. The minimum absolute atomic E-state index is 0.765. The van der Waals surface area contributed by atoms with E-state index in [1.807, 2.05) is 44.2 Å². The Bertz CT molecular complexity index is 299. The van der Waals surface area contributed by atoms with Crippen LogP contribution >= 0.6 is 0 Å². The summed E-state index contributed by atoms with van der Waals surface area (Å²) >= 11 is 0. The molecule has 0 bridgehead atoms. The fourth-order valence-electron chi connectivity index (χ4n) is 0.981. The van der Waals surface area contributed by atoms with Crippen LogP contribution < -0.4 is 0 Å². The summed E-state index contributed by atoms with van der Waals surface area (Å²) in [5.41, 5.74) is 9.81. The third-order valence-corrected chi connectivity index (χ3v) is 1.92. The quantitative estimate of drug-likeness (QED) is 0.643. The maximum Gasteiger partial charge on any atom is 0.0627 e. The highest BCUT2D eigenvalue weighted by molar-refractivity contribution is 5.65. The average molecular weight is 160 g/mol. The van der Waals surface area contributed by atoms with Crippen LogP contribution in [-0.4, -0.2) is 0 Å².